The van der Waals surface area contributed by atoms with Gasteiger partial charge in [-0.25, -0.2) is 13.4 Å². The molecule has 3 rings (SSSR count). The number of para-hydroxylation sites is 1. The SMILES string of the molecule is Cc1ccc(S(=O)(=O)NCC(=O)OC(C)C(=O)N(C)Cc2nc3ccccc3s2)cc1. The minimum atomic E-state index is -3.85. The van der Waals surface area contributed by atoms with Crippen LogP contribution in [-0.4, -0.2) is 49.9 Å². The minimum absolute atomic E-state index is 0.0468. The molecule has 0 aliphatic carbocycles. The highest BCUT2D eigenvalue weighted by Gasteiger charge is 2.23. The van der Waals surface area contributed by atoms with Crippen molar-refractivity contribution in [3.63, 3.8) is 0 Å². The molecule has 1 atom stereocenters. The van der Waals surface area contributed by atoms with E-state index in [1.807, 2.05) is 31.2 Å². The van der Waals surface area contributed by atoms with E-state index in [4.69, 9.17) is 4.74 Å². The van der Waals surface area contributed by atoms with Gasteiger partial charge in [0, 0.05) is 7.05 Å². The number of carbonyl (C=O) groups excluding carboxylic acids is 2. The molecule has 3 aromatic rings. The summed E-state index contributed by atoms with van der Waals surface area (Å²) in [7, 11) is -2.26. The molecular formula is C21H23N3O5S2. The predicted molar refractivity (Wildman–Crippen MR) is 118 cm³/mol. The Morgan fingerprint density at radius 2 is 1.84 bits per heavy atom. The summed E-state index contributed by atoms with van der Waals surface area (Å²) in [6, 6.07) is 13.9. The van der Waals surface area contributed by atoms with Crippen molar-refractivity contribution < 1.29 is 22.7 Å². The number of benzene rings is 2. The second-order valence-electron chi connectivity index (χ2n) is 7.04. The Morgan fingerprint density at radius 1 is 1.16 bits per heavy atom. The largest absolute Gasteiger partial charge is 0.452 e. The first-order valence-electron chi connectivity index (χ1n) is 9.51. The molecule has 0 radical (unpaired) electrons. The summed E-state index contributed by atoms with van der Waals surface area (Å²) in [5.74, 6) is -1.25. The summed E-state index contributed by atoms with van der Waals surface area (Å²) in [5.41, 5.74) is 1.78. The van der Waals surface area contributed by atoms with Crippen LogP contribution in [0.2, 0.25) is 0 Å². The maximum absolute atomic E-state index is 12.5. The van der Waals surface area contributed by atoms with Gasteiger partial charge in [0.15, 0.2) is 6.10 Å². The number of nitrogens with zero attached hydrogens (tertiary/aromatic N) is 2. The molecule has 1 heterocycles. The number of fused-ring (bicyclic) bond motifs is 1. The van der Waals surface area contributed by atoms with Crippen molar-refractivity contribution >= 4 is 43.5 Å². The molecule has 0 aliphatic heterocycles. The molecule has 0 fully saturated rings. The van der Waals surface area contributed by atoms with Crippen molar-refractivity contribution in [2.75, 3.05) is 13.6 Å². The highest BCUT2D eigenvalue weighted by Crippen LogP contribution is 2.22. The summed E-state index contributed by atoms with van der Waals surface area (Å²) in [6.07, 6.45) is -1.06. The molecule has 1 N–H and O–H groups in total. The van der Waals surface area contributed by atoms with Gasteiger partial charge in [-0.3, -0.25) is 9.59 Å². The first kappa shape index (κ1) is 22.9. The second kappa shape index (κ2) is 9.54. The summed E-state index contributed by atoms with van der Waals surface area (Å²) < 4.78 is 32.8. The number of aromatic nitrogens is 1. The van der Waals surface area contributed by atoms with Gasteiger partial charge in [0.2, 0.25) is 10.0 Å². The van der Waals surface area contributed by atoms with Crippen molar-refractivity contribution in [1.29, 1.82) is 0 Å². The Bertz CT molecular complexity index is 1160. The van der Waals surface area contributed by atoms with Crippen LogP contribution < -0.4 is 4.72 Å². The topological polar surface area (TPSA) is 106 Å². The lowest BCUT2D eigenvalue weighted by molar-refractivity contribution is -0.157. The van der Waals surface area contributed by atoms with E-state index in [9.17, 15) is 18.0 Å². The maximum atomic E-state index is 12.5. The van der Waals surface area contributed by atoms with E-state index in [1.165, 1.54) is 35.3 Å². The Hall–Kier alpha value is -2.82. The zero-order valence-corrected chi connectivity index (χ0v) is 19.0. The number of ether oxygens (including phenoxy) is 1. The van der Waals surface area contributed by atoms with Gasteiger partial charge in [-0.05, 0) is 38.1 Å². The van der Waals surface area contributed by atoms with E-state index in [0.29, 0.717) is 0 Å². The van der Waals surface area contributed by atoms with Gasteiger partial charge >= 0.3 is 5.97 Å². The fraction of sp³-hybridized carbons (Fsp3) is 0.286. The molecule has 1 amide bonds. The van der Waals surface area contributed by atoms with Crippen LogP contribution in [0.25, 0.3) is 10.2 Å². The molecule has 164 valence electrons. The van der Waals surface area contributed by atoms with E-state index in [-0.39, 0.29) is 11.4 Å². The number of likely N-dealkylation sites (N-methyl/N-ethyl adjacent to an activating group) is 1. The molecule has 10 heteroatoms. The number of thiazole rings is 1. The number of amides is 1. The van der Waals surface area contributed by atoms with Crippen molar-refractivity contribution in [2.45, 2.75) is 31.4 Å². The van der Waals surface area contributed by atoms with Crippen LogP contribution in [0.15, 0.2) is 53.4 Å². The Balaban J connectivity index is 1.52. The number of nitrogens with one attached hydrogen (secondary N) is 1. The van der Waals surface area contributed by atoms with Crippen LogP contribution in [0.3, 0.4) is 0 Å². The van der Waals surface area contributed by atoms with Crippen LogP contribution in [0.5, 0.6) is 0 Å². The standard InChI is InChI=1S/C21H23N3O5S2/c1-14-8-10-16(11-9-14)31(27,28)22-12-20(25)29-15(2)21(26)24(3)13-19-23-17-6-4-5-7-18(17)30-19/h4-11,15,22H,12-13H2,1-3H3. The first-order valence-corrected chi connectivity index (χ1v) is 11.8. The smallest absolute Gasteiger partial charge is 0.321 e. The molecule has 1 unspecified atom stereocenters. The van der Waals surface area contributed by atoms with Crippen molar-refractivity contribution in [3.8, 4) is 0 Å². The number of carbonyl (C=O) groups is 2. The van der Waals surface area contributed by atoms with Gasteiger partial charge in [-0.1, -0.05) is 29.8 Å². The molecular weight excluding hydrogens is 438 g/mol. The van der Waals surface area contributed by atoms with Crippen LogP contribution in [0, 0.1) is 6.92 Å². The van der Waals surface area contributed by atoms with Crippen LogP contribution >= 0.6 is 11.3 Å². The number of sulfonamides is 1. The van der Waals surface area contributed by atoms with Gasteiger partial charge < -0.3 is 9.64 Å². The lowest BCUT2D eigenvalue weighted by Crippen LogP contribution is -2.39. The molecule has 31 heavy (non-hydrogen) atoms. The molecule has 0 saturated carbocycles. The third-order valence-corrected chi connectivity index (χ3v) is 6.92. The zero-order chi connectivity index (χ0) is 22.6. The van der Waals surface area contributed by atoms with Crippen LogP contribution in [0.1, 0.15) is 17.5 Å². The van der Waals surface area contributed by atoms with E-state index in [2.05, 4.69) is 9.71 Å². The average Bonchev–Trinajstić information content (AvgIpc) is 3.14. The van der Waals surface area contributed by atoms with Gasteiger partial charge in [-0.2, -0.15) is 4.72 Å². The number of rotatable bonds is 8. The summed E-state index contributed by atoms with van der Waals surface area (Å²) in [4.78, 5) is 30.6. The van der Waals surface area contributed by atoms with Crippen molar-refractivity contribution in [2.24, 2.45) is 0 Å². The lowest BCUT2D eigenvalue weighted by Gasteiger charge is -2.20. The van der Waals surface area contributed by atoms with E-state index >= 15 is 0 Å². The quantitative estimate of drug-likeness (QED) is 0.517. The Morgan fingerprint density at radius 3 is 2.52 bits per heavy atom. The lowest BCUT2D eigenvalue weighted by atomic mass is 10.2. The monoisotopic (exact) mass is 461 g/mol. The molecule has 0 spiro atoms. The van der Waals surface area contributed by atoms with E-state index in [1.54, 1.807) is 19.2 Å². The third-order valence-electron chi connectivity index (χ3n) is 4.48. The molecule has 8 nitrogen and oxygen atoms in total. The molecule has 1 aromatic heterocycles. The normalized spacial score (nSPS) is 12.5. The molecule has 0 saturated heterocycles. The number of esters is 1. The molecule has 0 bridgehead atoms. The average molecular weight is 462 g/mol. The minimum Gasteiger partial charge on any atom is -0.452 e. The number of hydrogen-bond donors (Lipinski definition) is 1. The van der Waals surface area contributed by atoms with Crippen molar-refractivity contribution in [3.05, 3.63) is 59.1 Å². The Labute approximate surface area is 184 Å². The fourth-order valence-corrected chi connectivity index (χ4v) is 4.81. The third kappa shape index (κ3) is 5.87. The van der Waals surface area contributed by atoms with Gasteiger partial charge in [0.1, 0.15) is 11.6 Å². The molecule has 0 aliphatic rings. The highest BCUT2D eigenvalue weighted by molar-refractivity contribution is 7.89. The van der Waals surface area contributed by atoms with Crippen LogP contribution in [-0.2, 0) is 30.9 Å². The summed E-state index contributed by atoms with van der Waals surface area (Å²) in [6.45, 7) is 2.99. The summed E-state index contributed by atoms with van der Waals surface area (Å²) in [5, 5.41) is 0.765. The summed E-state index contributed by atoms with van der Waals surface area (Å²) >= 11 is 1.49. The molecule has 2 aromatic carbocycles. The van der Waals surface area contributed by atoms with E-state index < -0.39 is 34.5 Å². The first-order chi connectivity index (χ1) is 14.7. The zero-order valence-electron chi connectivity index (χ0n) is 17.4. The van der Waals surface area contributed by atoms with E-state index in [0.717, 1.165) is 20.8 Å². The van der Waals surface area contributed by atoms with Gasteiger partial charge in [-0.15, -0.1) is 11.3 Å². The van der Waals surface area contributed by atoms with Gasteiger partial charge in [0.25, 0.3) is 5.91 Å². The second-order valence-corrected chi connectivity index (χ2v) is 9.92. The van der Waals surface area contributed by atoms with Gasteiger partial charge in [0.05, 0.1) is 21.7 Å². The Kier molecular flexibility index (Phi) is 7.04. The van der Waals surface area contributed by atoms with Crippen molar-refractivity contribution in [1.82, 2.24) is 14.6 Å². The highest BCUT2D eigenvalue weighted by atomic mass is 32.2. The number of hydrogen-bond acceptors (Lipinski definition) is 7. The maximum Gasteiger partial charge on any atom is 0.321 e. The number of aryl methyl sites for hydroxylation is 1. The fourth-order valence-electron chi connectivity index (χ4n) is 2.82. The predicted octanol–water partition coefficient (Wildman–Crippen LogP) is 2.47. The van der Waals surface area contributed by atoms with Crippen LogP contribution in [0.4, 0.5) is 0 Å².